The minimum atomic E-state index is 0.348. The molecular weight excluding hydrogens is 226 g/mol. The summed E-state index contributed by atoms with van der Waals surface area (Å²) in [5, 5.41) is 4.12. The van der Waals surface area contributed by atoms with Crippen LogP contribution >= 0.6 is 11.6 Å². The Labute approximate surface area is 101 Å². The van der Waals surface area contributed by atoms with Crippen molar-refractivity contribution in [3.63, 3.8) is 0 Å². The highest BCUT2D eigenvalue weighted by Crippen LogP contribution is 2.29. The van der Waals surface area contributed by atoms with Crippen LogP contribution in [0.2, 0.25) is 5.02 Å². The lowest BCUT2D eigenvalue weighted by atomic mass is 10.1. The van der Waals surface area contributed by atoms with Crippen LogP contribution in [0.3, 0.4) is 0 Å². The van der Waals surface area contributed by atoms with E-state index in [1.165, 1.54) is 0 Å². The summed E-state index contributed by atoms with van der Waals surface area (Å²) < 4.78 is 10.7. The Morgan fingerprint density at radius 3 is 3.06 bits per heavy atom. The smallest absolute Gasteiger partial charge is 0.142 e. The fourth-order valence-corrected chi connectivity index (χ4v) is 2.04. The second kappa shape index (κ2) is 5.41. The molecule has 0 aliphatic carbocycles. The van der Waals surface area contributed by atoms with Crippen molar-refractivity contribution < 1.29 is 9.47 Å². The average Bonchev–Trinajstić information content (AvgIpc) is 2.31. The molecule has 0 saturated carbocycles. The Morgan fingerprint density at radius 1 is 1.50 bits per heavy atom. The normalized spacial score (nSPS) is 20.5. The third-order valence-electron chi connectivity index (χ3n) is 2.68. The topological polar surface area (TPSA) is 30.5 Å². The van der Waals surface area contributed by atoms with Gasteiger partial charge in [0.25, 0.3) is 0 Å². The van der Waals surface area contributed by atoms with Crippen molar-refractivity contribution >= 4 is 17.3 Å². The molecule has 1 aromatic rings. The van der Waals surface area contributed by atoms with Crippen molar-refractivity contribution in [1.82, 2.24) is 0 Å². The molecule has 1 fully saturated rings. The van der Waals surface area contributed by atoms with Gasteiger partial charge in [0.15, 0.2) is 0 Å². The highest BCUT2D eigenvalue weighted by atomic mass is 35.5. The van der Waals surface area contributed by atoms with Crippen molar-refractivity contribution in [2.75, 3.05) is 25.6 Å². The lowest BCUT2D eigenvalue weighted by Gasteiger charge is -2.25. The van der Waals surface area contributed by atoms with E-state index in [2.05, 4.69) is 5.32 Å². The Kier molecular flexibility index (Phi) is 3.91. The number of halogens is 1. The molecule has 1 unspecified atom stereocenters. The molecule has 1 aliphatic heterocycles. The van der Waals surface area contributed by atoms with Crippen LogP contribution in [0.5, 0.6) is 5.75 Å². The summed E-state index contributed by atoms with van der Waals surface area (Å²) in [5.41, 5.74) is 0.936. The van der Waals surface area contributed by atoms with Crippen molar-refractivity contribution in [2.45, 2.75) is 18.9 Å². The highest BCUT2D eigenvalue weighted by molar-refractivity contribution is 6.30. The van der Waals surface area contributed by atoms with Gasteiger partial charge < -0.3 is 14.8 Å². The minimum Gasteiger partial charge on any atom is -0.495 e. The van der Waals surface area contributed by atoms with E-state index in [4.69, 9.17) is 21.1 Å². The van der Waals surface area contributed by atoms with Crippen LogP contribution in [0.25, 0.3) is 0 Å². The van der Waals surface area contributed by atoms with Crippen LogP contribution in [0.15, 0.2) is 18.2 Å². The van der Waals surface area contributed by atoms with Gasteiger partial charge in [0.2, 0.25) is 0 Å². The van der Waals surface area contributed by atoms with Crippen LogP contribution in [0.4, 0.5) is 5.69 Å². The number of methoxy groups -OCH3 is 1. The quantitative estimate of drug-likeness (QED) is 0.883. The third-order valence-corrected chi connectivity index (χ3v) is 2.92. The largest absolute Gasteiger partial charge is 0.495 e. The molecule has 0 amide bonds. The van der Waals surface area contributed by atoms with Gasteiger partial charge in [0.05, 0.1) is 19.4 Å². The van der Waals surface area contributed by atoms with Gasteiger partial charge in [0.1, 0.15) is 5.75 Å². The standard InChI is InChI=1S/C12H16ClNO2/c1-15-12-5-4-9(13)7-11(12)14-10-3-2-6-16-8-10/h4-5,7,10,14H,2-3,6,8H2,1H3. The zero-order valence-corrected chi connectivity index (χ0v) is 10.1. The molecule has 4 heteroatoms. The van der Waals surface area contributed by atoms with Crippen LogP contribution in [0.1, 0.15) is 12.8 Å². The summed E-state index contributed by atoms with van der Waals surface area (Å²) in [6.45, 7) is 1.61. The first-order valence-corrected chi connectivity index (χ1v) is 5.85. The lowest BCUT2D eigenvalue weighted by Crippen LogP contribution is -2.30. The van der Waals surface area contributed by atoms with Crippen molar-refractivity contribution in [3.8, 4) is 5.75 Å². The molecule has 88 valence electrons. The van der Waals surface area contributed by atoms with E-state index in [1.807, 2.05) is 18.2 Å². The van der Waals surface area contributed by atoms with E-state index in [0.717, 1.165) is 37.5 Å². The zero-order chi connectivity index (χ0) is 11.4. The summed E-state index contributed by atoms with van der Waals surface area (Å²) in [6.07, 6.45) is 2.22. The van der Waals surface area contributed by atoms with Gasteiger partial charge in [-0.1, -0.05) is 11.6 Å². The SMILES string of the molecule is COc1ccc(Cl)cc1NC1CCCOC1. The van der Waals surface area contributed by atoms with E-state index in [-0.39, 0.29) is 0 Å². The number of nitrogens with one attached hydrogen (secondary N) is 1. The third kappa shape index (κ3) is 2.80. The first-order chi connectivity index (χ1) is 7.79. The molecule has 0 radical (unpaired) electrons. The van der Waals surface area contributed by atoms with Gasteiger partial charge in [-0.15, -0.1) is 0 Å². The van der Waals surface area contributed by atoms with Crippen molar-refractivity contribution in [1.29, 1.82) is 0 Å². The van der Waals surface area contributed by atoms with Crippen LogP contribution in [-0.4, -0.2) is 26.4 Å². The minimum absolute atomic E-state index is 0.348. The first-order valence-electron chi connectivity index (χ1n) is 5.47. The Morgan fingerprint density at radius 2 is 2.38 bits per heavy atom. The molecule has 0 spiro atoms. The summed E-state index contributed by atoms with van der Waals surface area (Å²) in [7, 11) is 1.66. The monoisotopic (exact) mass is 241 g/mol. The predicted molar refractivity (Wildman–Crippen MR) is 65.5 cm³/mol. The van der Waals surface area contributed by atoms with E-state index >= 15 is 0 Å². The van der Waals surface area contributed by atoms with Crippen LogP contribution in [0, 0.1) is 0 Å². The summed E-state index contributed by atoms with van der Waals surface area (Å²) in [6, 6.07) is 5.92. The van der Waals surface area contributed by atoms with E-state index in [1.54, 1.807) is 7.11 Å². The lowest BCUT2D eigenvalue weighted by molar-refractivity contribution is 0.0875. The molecule has 2 rings (SSSR count). The number of benzene rings is 1. The Bertz CT molecular complexity index is 351. The second-order valence-corrected chi connectivity index (χ2v) is 4.34. The molecule has 16 heavy (non-hydrogen) atoms. The van der Waals surface area contributed by atoms with E-state index in [0.29, 0.717) is 11.1 Å². The average molecular weight is 242 g/mol. The van der Waals surface area contributed by atoms with Gasteiger partial charge in [-0.2, -0.15) is 0 Å². The van der Waals surface area contributed by atoms with Gasteiger partial charge in [0, 0.05) is 17.7 Å². The van der Waals surface area contributed by atoms with Gasteiger partial charge in [-0.3, -0.25) is 0 Å². The maximum Gasteiger partial charge on any atom is 0.142 e. The maximum absolute atomic E-state index is 5.96. The Hall–Kier alpha value is -0.930. The molecular formula is C12H16ClNO2. The van der Waals surface area contributed by atoms with Crippen molar-refractivity contribution in [3.05, 3.63) is 23.2 Å². The molecule has 3 nitrogen and oxygen atoms in total. The molecule has 0 bridgehead atoms. The molecule has 1 aliphatic rings. The fourth-order valence-electron chi connectivity index (χ4n) is 1.87. The first kappa shape index (κ1) is 11.6. The highest BCUT2D eigenvalue weighted by Gasteiger charge is 2.15. The number of hydrogen-bond donors (Lipinski definition) is 1. The fraction of sp³-hybridized carbons (Fsp3) is 0.500. The van der Waals surface area contributed by atoms with E-state index < -0.39 is 0 Å². The van der Waals surface area contributed by atoms with Crippen LogP contribution in [-0.2, 0) is 4.74 Å². The summed E-state index contributed by atoms with van der Waals surface area (Å²) >= 11 is 5.96. The second-order valence-electron chi connectivity index (χ2n) is 3.90. The number of hydrogen-bond acceptors (Lipinski definition) is 3. The number of rotatable bonds is 3. The van der Waals surface area contributed by atoms with Gasteiger partial charge >= 0.3 is 0 Å². The summed E-state index contributed by atoms with van der Waals surface area (Å²) in [4.78, 5) is 0. The molecule has 1 aromatic carbocycles. The molecule has 1 N–H and O–H groups in total. The van der Waals surface area contributed by atoms with Gasteiger partial charge in [-0.25, -0.2) is 0 Å². The molecule has 1 saturated heterocycles. The van der Waals surface area contributed by atoms with E-state index in [9.17, 15) is 0 Å². The van der Waals surface area contributed by atoms with Gasteiger partial charge in [-0.05, 0) is 31.0 Å². The maximum atomic E-state index is 5.96. The predicted octanol–water partition coefficient (Wildman–Crippen LogP) is 2.94. The molecule has 1 heterocycles. The van der Waals surface area contributed by atoms with Crippen LogP contribution < -0.4 is 10.1 Å². The number of ether oxygens (including phenoxy) is 2. The zero-order valence-electron chi connectivity index (χ0n) is 9.33. The molecule has 1 atom stereocenters. The molecule has 0 aromatic heterocycles. The Balaban J connectivity index is 2.09. The summed E-state index contributed by atoms with van der Waals surface area (Å²) in [5.74, 6) is 0.815. The number of anilines is 1. The van der Waals surface area contributed by atoms with Crippen molar-refractivity contribution in [2.24, 2.45) is 0 Å².